The van der Waals surface area contributed by atoms with E-state index in [9.17, 15) is 4.79 Å². The summed E-state index contributed by atoms with van der Waals surface area (Å²) < 4.78 is 5.26. The van der Waals surface area contributed by atoms with Crippen molar-refractivity contribution in [1.82, 2.24) is 10.2 Å². The van der Waals surface area contributed by atoms with Crippen LogP contribution in [0.4, 0.5) is 0 Å². The lowest BCUT2D eigenvalue weighted by atomic mass is 10.1. The monoisotopic (exact) mass is 276 g/mol. The molecule has 1 aliphatic rings. The molecule has 2 rings (SSSR count). The van der Waals surface area contributed by atoms with Gasteiger partial charge in [0.15, 0.2) is 0 Å². The molecule has 4 nitrogen and oxygen atoms in total. The third-order valence-electron chi connectivity index (χ3n) is 3.90. The first-order valence-electron chi connectivity index (χ1n) is 7.33. The van der Waals surface area contributed by atoms with Crippen molar-refractivity contribution in [3.8, 4) is 5.75 Å². The number of amides is 1. The minimum Gasteiger partial charge on any atom is -0.496 e. The van der Waals surface area contributed by atoms with Crippen LogP contribution >= 0.6 is 0 Å². The molecule has 1 fully saturated rings. The average molecular weight is 276 g/mol. The minimum atomic E-state index is 0.0561. The van der Waals surface area contributed by atoms with Gasteiger partial charge in [0.25, 0.3) is 0 Å². The molecule has 1 amide bonds. The van der Waals surface area contributed by atoms with E-state index in [4.69, 9.17) is 4.74 Å². The molecule has 110 valence electrons. The first-order valence-corrected chi connectivity index (χ1v) is 7.33. The second-order valence-electron chi connectivity index (χ2n) is 5.38. The molecular formula is C16H24N2O2. The number of para-hydroxylation sites is 1. The van der Waals surface area contributed by atoms with Crippen LogP contribution in [-0.2, 0) is 11.2 Å². The van der Waals surface area contributed by atoms with Gasteiger partial charge in [0, 0.05) is 18.2 Å². The SMILES string of the molecule is COc1ccccc1CC(=O)NC[C@H](C)N1CCCC1. The second kappa shape index (κ2) is 7.29. The van der Waals surface area contributed by atoms with Crippen LogP contribution in [0.2, 0.25) is 0 Å². The molecule has 0 unspecified atom stereocenters. The van der Waals surface area contributed by atoms with Crippen LogP contribution < -0.4 is 10.1 Å². The van der Waals surface area contributed by atoms with Crippen LogP contribution in [0.25, 0.3) is 0 Å². The third kappa shape index (κ3) is 3.97. The van der Waals surface area contributed by atoms with Crippen LogP contribution in [0.5, 0.6) is 5.75 Å². The lowest BCUT2D eigenvalue weighted by Gasteiger charge is -2.23. The van der Waals surface area contributed by atoms with Gasteiger partial charge in [-0.15, -0.1) is 0 Å². The molecule has 1 heterocycles. The molecular weight excluding hydrogens is 252 g/mol. The van der Waals surface area contributed by atoms with Gasteiger partial charge in [0.1, 0.15) is 5.75 Å². The van der Waals surface area contributed by atoms with E-state index in [1.807, 2.05) is 24.3 Å². The summed E-state index contributed by atoms with van der Waals surface area (Å²) in [5.41, 5.74) is 0.932. The minimum absolute atomic E-state index is 0.0561. The van der Waals surface area contributed by atoms with E-state index in [0.29, 0.717) is 19.0 Å². The lowest BCUT2D eigenvalue weighted by Crippen LogP contribution is -2.41. The number of rotatable bonds is 6. The average Bonchev–Trinajstić information content (AvgIpc) is 2.99. The summed E-state index contributed by atoms with van der Waals surface area (Å²) in [5, 5.41) is 3.02. The summed E-state index contributed by atoms with van der Waals surface area (Å²) in [5.74, 6) is 0.829. The predicted molar refractivity (Wildman–Crippen MR) is 80.0 cm³/mol. The van der Waals surface area contributed by atoms with E-state index in [1.165, 1.54) is 12.8 Å². The van der Waals surface area contributed by atoms with Gasteiger partial charge in [-0.1, -0.05) is 18.2 Å². The number of likely N-dealkylation sites (tertiary alicyclic amines) is 1. The topological polar surface area (TPSA) is 41.6 Å². The van der Waals surface area contributed by atoms with Crippen LogP contribution in [0.1, 0.15) is 25.3 Å². The van der Waals surface area contributed by atoms with E-state index < -0.39 is 0 Å². The van der Waals surface area contributed by atoms with Gasteiger partial charge < -0.3 is 10.1 Å². The zero-order chi connectivity index (χ0) is 14.4. The molecule has 1 aromatic rings. The van der Waals surface area contributed by atoms with Crippen LogP contribution in [0, 0.1) is 0 Å². The molecule has 0 aliphatic carbocycles. The summed E-state index contributed by atoms with van der Waals surface area (Å²) in [6.07, 6.45) is 2.93. The van der Waals surface area contributed by atoms with E-state index in [2.05, 4.69) is 17.1 Å². The first-order chi connectivity index (χ1) is 9.70. The van der Waals surface area contributed by atoms with E-state index in [0.717, 1.165) is 24.4 Å². The van der Waals surface area contributed by atoms with Crippen molar-refractivity contribution in [3.05, 3.63) is 29.8 Å². The number of hydrogen-bond acceptors (Lipinski definition) is 3. The number of carbonyl (C=O) groups excluding carboxylic acids is 1. The fourth-order valence-corrected chi connectivity index (χ4v) is 2.66. The summed E-state index contributed by atoms with van der Waals surface area (Å²) >= 11 is 0. The number of benzene rings is 1. The van der Waals surface area contributed by atoms with Crippen molar-refractivity contribution in [2.24, 2.45) is 0 Å². The predicted octanol–water partition coefficient (Wildman–Crippen LogP) is 1.84. The number of ether oxygens (including phenoxy) is 1. The molecule has 20 heavy (non-hydrogen) atoms. The van der Waals surface area contributed by atoms with Gasteiger partial charge in [-0.25, -0.2) is 0 Å². The van der Waals surface area contributed by atoms with Gasteiger partial charge in [0.2, 0.25) is 5.91 Å². The second-order valence-corrected chi connectivity index (χ2v) is 5.38. The summed E-state index contributed by atoms with van der Waals surface area (Å²) in [7, 11) is 1.63. The number of nitrogens with zero attached hydrogens (tertiary/aromatic N) is 1. The molecule has 1 saturated heterocycles. The van der Waals surface area contributed by atoms with Crippen molar-refractivity contribution in [3.63, 3.8) is 0 Å². The van der Waals surface area contributed by atoms with Crippen molar-refractivity contribution in [2.75, 3.05) is 26.7 Å². The maximum atomic E-state index is 12.0. The Bertz CT molecular complexity index is 442. The maximum absolute atomic E-state index is 12.0. The third-order valence-corrected chi connectivity index (χ3v) is 3.90. The summed E-state index contributed by atoms with van der Waals surface area (Å²) in [4.78, 5) is 14.4. The van der Waals surface area contributed by atoms with Crippen molar-refractivity contribution >= 4 is 5.91 Å². The Hall–Kier alpha value is -1.55. The van der Waals surface area contributed by atoms with Crippen molar-refractivity contribution < 1.29 is 9.53 Å². The summed E-state index contributed by atoms with van der Waals surface area (Å²) in [6, 6.07) is 8.07. The highest BCUT2D eigenvalue weighted by atomic mass is 16.5. The van der Waals surface area contributed by atoms with Gasteiger partial charge in [-0.3, -0.25) is 9.69 Å². The Morgan fingerprint density at radius 1 is 1.35 bits per heavy atom. The van der Waals surface area contributed by atoms with Gasteiger partial charge in [0.05, 0.1) is 13.5 Å². The Kier molecular flexibility index (Phi) is 5.41. The Labute approximate surface area is 121 Å². The molecule has 0 bridgehead atoms. The molecule has 4 heteroatoms. The fraction of sp³-hybridized carbons (Fsp3) is 0.562. The smallest absolute Gasteiger partial charge is 0.224 e. The molecule has 0 saturated carbocycles. The zero-order valence-corrected chi connectivity index (χ0v) is 12.4. The van der Waals surface area contributed by atoms with Crippen LogP contribution in [-0.4, -0.2) is 43.6 Å². The maximum Gasteiger partial charge on any atom is 0.224 e. The number of methoxy groups -OCH3 is 1. The van der Waals surface area contributed by atoms with Gasteiger partial charge >= 0.3 is 0 Å². The van der Waals surface area contributed by atoms with E-state index in [-0.39, 0.29) is 5.91 Å². The highest BCUT2D eigenvalue weighted by molar-refractivity contribution is 5.79. The van der Waals surface area contributed by atoms with Crippen LogP contribution in [0.3, 0.4) is 0 Å². The standard InChI is InChI=1S/C16H24N2O2/c1-13(18-9-5-6-10-18)12-17-16(19)11-14-7-3-4-8-15(14)20-2/h3-4,7-8,13H,5-6,9-12H2,1-2H3,(H,17,19)/t13-/m0/s1. The van der Waals surface area contributed by atoms with E-state index >= 15 is 0 Å². The number of hydrogen-bond donors (Lipinski definition) is 1. The molecule has 1 aliphatic heterocycles. The Morgan fingerprint density at radius 3 is 2.75 bits per heavy atom. The normalized spacial score (nSPS) is 16.9. The van der Waals surface area contributed by atoms with Gasteiger partial charge in [-0.05, 0) is 38.9 Å². The molecule has 0 spiro atoms. The fourth-order valence-electron chi connectivity index (χ4n) is 2.66. The number of nitrogens with one attached hydrogen (secondary N) is 1. The van der Waals surface area contributed by atoms with Gasteiger partial charge in [-0.2, -0.15) is 0 Å². The van der Waals surface area contributed by atoms with Crippen LogP contribution in [0.15, 0.2) is 24.3 Å². The summed E-state index contributed by atoms with van der Waals surface area (Å²) in [6.45, 7) is 5.20. The molecule has 1 aromatic carbocycles. The Balaban J connectivity index is 1.80. The molecule has 1 atom stereocenters. The zero-order valence-electron chi connectivity index (χ0n) is 12.4. The Morgan fingerprint density at radius 2 is 2.05 bits per heavy atom. The molecule has 0 aromatic heterocycles. The lowest BCUT2D eigenvalue weighted by molar-refractivity contribution is -0.120. The quantitative estimate of drug-likeness (QED) is 0.862. The first kappa shape index (κ1) is 14.9. The molecule has 0 radical (unpaired) electrons. The van der Waals surface area contributed by atoms with Crippen molar-refractivity contribution in [1.29, 1.82) is 0 Å². The molecule has 1 N–H and O–H groups in total. The highest BCUT2D eigenvalue weighted by Gasteiger charge is 2.18. The largest absolute Gasteiger partial charge is 0.496 e. The van der Waals surface area contributed by atoms with Crippen molar-refractivity contribution in [2.45, 2.75) is 32.2 Å². The highest BCUT2D eigenvalue weighted by Crippen LogP contribution is 2.17. The van der Waals surface area contributed by atoms with E-state index in [1.54, 1.807) is 7.11 Å². The number of carbonyl (C=O) groups is 1.